The van der Waals surface area contributed by atoms with Gasteiger partial charge in [0.05, 0.1) is 13.2 Å². The Morgan fingerprint density at radius 1 is 0.864 bits per heavy atom. The molecular formula is C15H28N2O5. The fourth-order valence-corrected chi connectivity index (χ4v) is 1.66. The third-order valence-electron chi connectivity index (χ3n) is 3.00. The topological polar surface area (TPSA) is 76.2 Å². The number of carbonyl (C=O) groups excluding carboxylic acids is 3. The van der Waals surface area contributed by atoms with Gasteiger partial charge >= 0.3 is 12.1 Å². The number of nitrogens with zero attached hydrogens (tertiary/aromatic N) is 2. The lowest BCUT2D eigenvalue weighted by Gasteiger charge is -2.21. The van der Waals surface area contributed by atoms with Crippen LogP contribution in [0.1, 0.15) is 39.5 Å². The largest absolute Gasteiger partial charge is 0.464 e. The molecule has 0 aromatic rings. The zero-order valence-electron chi connectivity index (χ0n) is 14.1. The van der Waals surface area contributed by atoms with Crippen molar-refractivity contribution < 1.29 is 23.9 Å². The molecule has 128 valence electrons. The number of ether oxygens (including phenoxy) is 2. The van der Waals surface area contributed by atoms with Gasteiger partial charge in [0.1, 0.15) is 13.1 Å². The normalized spacial score (nSPS) is 10.0. The van der Waals surface area contributed by atoms with Gasteiger partial charge < -0.3 is 19.3 Å². The third kappa shape index (κ3) is 9.20. The number of rotatable bonds is 10. The standard InChI is InChI=1S/C15H28N2O5/c1-5-7-8-9-10-22-14(19)12-16(3)13(18)11-17(4)15(20)21-6-2/h5-12H2,1-4H3. The molecule has 0 saturated carbocycles. The molecule has 0 aliphatic carbocycles. The highest BCUT2D eigenvalue weighted by Gasteiger charge is 2.18. The van der Waals surface area contributed by atoms with Crippen molar-refractivity contribution in [3.05, 3.63) is 0 Å². The van der Waals surface area contributed by atoms with Crippen LogP contribution in [0.25, 0.3) is 0 Å². The summed E-state index contributed by atoms with van der Waals surface area (Å²) in [5.41, 5.74) is 0. The van der Waals surface area contributed by atoms with Crippen molar-refractivity contribution in [1.29, 1.82) is 0 Å². The van der Waals surface area contributed by atoms with Gasteiger partial charge in [-0.15, -0.1) is 0 Å². The van der Waals surface area contributed by atoms with Gasteiger partial charge in [-0.1, -0.05) is 26.2 Å². The minimum absolute atomic E-state index is 0.122. The maximum atomic E-state index is 11.9. The molecule has 0 aromatic heterocycles. The summed E-state index contributed by atoms with van der Waals surface area (Å²) in [6.45, 7) is 4.17. The average molecular weight is 316 g/mol. The van der Waals surface area contributed by atoms with Crippen LogP contribution in [0, 0.1) is 0 Å². The second kappa shape index (κ2) is 11.8. The summed E-state index contributed by atoms with van der Waals surface area (Å²) in [6, 6.07) is 0. The van der Waals surface area contributed by atoms with Gasteiger partial charge in [-0.3, -0.25) is 9.59 Å². The summed E-state index contributed by atoms with van der Waals surface area (Å²) in [4.78, 5) is 37.3. The molecule has 0 fully saturated rings. The second-order valence-corrected chi connectivity index (χ2v) is 5.09. The van der Waals surface area contributed by atoms with Crippen LogP contribution in [0.15, 0.2) is 0 Å². The highest BCUT2D eigenvalue weighted by molar-refractivity contribution is 5.85. The molecule has 0 bridgehead atoms. The minimum atomic E-state index is -0.567. The van der Waals surface area contributed by atoms with Crippen LogP contribution in [0.5, 0.6) is 0 Å². The predicted molar refractivity (Wildman–Crippen MR) is 82.4 cm³/mol. The summed E-state index contributed by atoms with van der Waals surface area (Å²) in [6.07, 6.45) is 3.55. The molecule has 2 amide bonds. The van der Waals surface area contributed by atoms with Crippen molar-refractivity contribution in [2.45, 2.75) is 39.5 Å². The van der Waals surface area contributed by atoms with Crippen LogP contribution in [-0.2, 0) is 19.1 Å². The summed E-state index contributed by atoms with van der Waals surface area (Å²) in [5.74, 6) is -0.787. The lowest BCUT2D eigenvalue weighted by Crippen LogP contribution is -2.41. The molecule has 0 heterocycles. The molecule has 0 atom stereocenters. The Kier molecular flexibility index (Phi) is 10.9. The molecule has 7 nitrogen and oxygen atoms in total. The van der Waals surface area contributed by atoms with E-state index in [9.17, 15) is 14.4 Å². The quantitative estimate of drug-likeness (QED) is 0.452. The molecule has 22 heavy (non-hydrogen) atoms. The number of esters is 1. The predicted octanol–water partition coefficient (Wildman–Crippen LogP) is 1.66. The maximum Gasteiger partial charge on any atom is 0.409 e. The smallest absolute Gasteiger partial charge is 0.409 e. The molecule has 0 aromatic carbocycles. The fraction of sp³-hybridized carbons (Fsp3) is 0.800. The van der Waals surface area contributed by atoms with Crippen LogP contribution in [-0.4, -0.2) is 68.2 Å². The van der Waals surface area contributed by atoms with Gasteiger partial charge in [-0.25, -0.2) is 4.79 Å². The first-order valence-electron chi connectivity index (χ1n) is 7.69. The average Bonchev–Trinajstić information content (AvgIpc) is 2.47. The van der Waals surface area contributed by atoms with E-state index in [-0.39, 0.29) is 25.6 Å². The second-order valence-electron chi connectivity index (χ2n) is 5.09. The Hall–Kier alpha value is -1.79. The van der Waals surface area contributed by atoms with Crippen molar-refractivity contribution in [1.82, 2.24) is 9.80 Å². The molecule has 0 spiro atoms. The zero-order chi connectivity index (χ0) is 17.0. The first-order chi connectivity index (χ1) is 10.4. The summed E-state index contributed by atoms with van der Waals surface area (Å²) >= 11 is 0. The lowest BCUT2D eigenvalue weighted by atomic mass is 10.2. The van der Waals surface area contributed by atoms with Crippen LogP contribution in [0.3, 0.4) is 0 Å². The van der Waals surface area contributed by atoms with Gasteiger partial charge in [-0.2, -0.15) is 0 Å². The van der Waals surface area contributed by atoms with Gasteiger partial charge in [0.2, 0.25) is 5.91 Å². The van der Waals surface area contributed by atoms with E-state index in [1.165, 1.54) is 23.9 Å². The Balaban J connectivity index is 3.98. The van der Waals surface area contributed by atoms with Crippen molar-refractivity contribution >= 4 is 18.0 Å². The SMILES string of the molecule is CCCCCCOC(=O)CN(C)C(=O)CN(C)C(=O)OCC. The first-order valence-corrected chi connectivity index (χ1v) is 7.69. The fourth-order valence-electron chi connectivity index (χ4n) is 1.66. The monoisotopic (exact) mass is 316 g/mol. The van der Waals surface area contributed by atoms with Crippen molar-refractivity contribution in [2.24, 2.45) is 0 Å². The first kappa shape index (κ1) is 20.2. The highest BCUT2D eigenvalue weighted by Crippen LogP contribution is 2.00. The van der Waals surface area contributed by atoms with Crippen molar-refractivity contribution in [3.63, 3.8) is 0 Å². The Labute approximate surface area is 132 Å². The number of hydrogen-bond acceptors (Lipinski definition) is 5. The van der Waals surface area contributed by atoms with Gasteiger partial charge in [0.25, 0.3) is 0 Å². The molecular weight excluding hydrogens is 288 g/mol. The number of unbranched alkanes of at least 4 members (excludes halogenated alkanes) is 3. The molecule has 0 N–H and O–H groups in total. The van der Waals surface area contributed by atoms with E-state index >= 15 is 0 Å². The summed E-state index contributed by atoms with van der Waals surface area (Å²) in [7, 11) is 2.97. The Bertz CT molecular complexity index is 360. The Morgan fingerprint density at radius 3 is 2.14 bits per heavy atom. The molecule has 0 aliphatic heterocycles. The third-order valence-corrected chi connectivity index (χ3v) is 3.00. The van der Waals surface area contributed by atoms with Crippen molar-refractivity contribution in [2.75, 3.05) is 40.4 Å². The number of carbonyl (C=O) groups is 3. The molecule has 0 unspecified atom stereocenters. The summed E-state index contributed by atoms with van der Waals surface area (Å²) in [5, 5.41) is 0. The van der Waals surface area contributed by atoms with E-state index in [1.807, 2.05) is 0 Å². The van der Waals surface area contributed by atoms with E-state index < -0.39 is 12.1 Å². The van der Waals surface area contributed by atoms with Crippen LogP contribution in [0.4, 0.5) is 4.79 Å². The molecule has 0 rings (SSSR count). The molecule has 0 aliphatic rings. The van der Waals surface area contributed by atoms with Crippen molar-refractivity contribution in [3.8, 4) is 0 Å². The summed E-state index contributed by atoms with van der Waals surface area (Å²) < 4.78 is 9.84. The number of hydrogen-bond donors (Lipinski definition) is 0. The van der Waals surface area contributed by atoms with Gasteiger partial charge in [-0.05, 0) is 13.3 Å². The molecule has 0 saturated heterocycles. The molecule has 0 radical (unpaired) electrons. The van der Waals surface area contributed by atoms with Crippen LogP contribution >= 0.6 is 0 Å². The van der Waals surface area contributed by atoms with E-state index in [2.05, 4.69) is 6.92 Å². The Morgan fingerprint density at radius 2 is 1.55 bits per heavy atom. The highest BCUT2D eigenvalue weighted by atomic mass is 16.6. The van der Waals surface area contributed by atoms with Gasteiger partial charge in [0.15, 0.2) is 0 Å². The van der Waals surface area contributed by atoms with E-state index in [1.54, 1.807) is 6.92 Å². The minimum Gasteiger partial charge on any atom is -0.464 e. The zero-order valence-corrected chi connectivity index (χ0v) is 14.1. The van der Waals surface area contributed by atoms with E-state index in [4.69, 9.17) is 9.47 Å². The van der Waals surface area contributed by atoms with Crippen LogP contribution in [0.2, 0.25) is 0 Å². The lowest BCUT2D eigenvalue weighted by molar-refractivity contribution is -0.148. The van der Waals surface area contributed by atoms with E-state index in [0.29, 0.717) is 6.61 Å². The number of amides is 2. The van der Waals surface area contributed by atoms with Gasteiger partial charge in [0, 0.05) is 14.1 Å². The van der Waals surface area contributed by atoms with Crippen LogP contribution < -0.4 is 0 Å². The molecule has 7 heteroatoms. The van der Waals surface area contributed by atoms with E-state index in [0.717, 1.165) is 25.7 Å². The number of likely N-dealkylation sites (N-methyl/N-ethyl adjacent to an activating group) is 2. The maximum absolute atomic E-state index is 11.9.